The van der Waals surface area contributed by atoms with E-state index in [2.05, 4.69) is 10.2 Å². The van der Waals surface area contributed by atoms with Gasteiger partial charge in [0.05, 0.1) is 17.9 Å². The Balaban J connectivity index is 2.14. The van der Waals surface area contributed by atoms with Crippen LogP contribution in [0.15, 0.2) is 24.3 Å². The van der Waals surface area contributed by atoms with E-state index in [1.165, 1.54) is 25.3 Å². The molecule has 5 nitrogen and oxygen atoms in total. The number of carbonyl (C=O) groups excluding carboxylic acids is 1. The van der Waals surface area contributed by atoms with Gasteiger partial charge >= 0.3 is 12.2 Å². The van der Waals surface area contributed by atoms with Gasteiger partial charge in [0, 0.05) is 19.7 Å². The molecule has 0 radical (unpaired) electrons. The van der Waals surface area contributed by atoms with Crippen LogP contribution in [0.5, 0.6) is 0 Å². The van der Waals surface area contributed by atoms with Crippen LogP contribution in [0.4, 0.5) is 23.7 Å². The average molecular weight is 359 g/mol. The number of nitrogens with zero attached hydrogens (tertiary/aromatic N) is 2. The summed E-state index contributed by atoms with van der Waals surface area (Å²) in [5, 5.41) is 2.43. The number of halogens is 3. The molecule has 0 unspecified atom stereocenters. The fourth-order valence-corrected chi connectivity index (χ4v) is 2.97. The molecule has 1 N–H and O–H groups in total. The summed E-state index contributed by atoms with van der Waals surface area (Å²) < 4.78 is 44.4. The molecule has 1 heterocycles. The van der Waals surface area contributed by atoms with Gasteiger partial charge in [-0.15, -0.1) is 0 Å². The number of ether oxygens (including phenoxy) is 1. The van der Waals surface area contributed by atoms with Crippen LogP contribution in [0, 0.1) is 0 Å². The maximum atomic E-state index is 13.1. The molecule has 140 valence electrons. The number of methoxy groups -OCH3 is 1. The maximum absolute atomic E-state index is 13.1. The molecule has 0 atom stereocenters. The molecule has 0 aromatic heterocycles. The monoisotopic (exact) mass is 359 g/mol. The third-order valence-corrected chi connectivity index (χ3v) is 4.40. The molecular weight excluding hydrogens is 335 g/mol. The van der Waals surface area contributed by atoms with Crippen molar-refractivity contribution >= 4 is 11.7 Å². The Hall–Kier alpha value is -1.80. The molecule has 1 fully saturated rings. The number of alkyl halides is 3. The molecule has 0 aliphatic carbocycles. The van der Waals surface area contributed by atoms with Crippen LogP contribution in [0.1, 0.15) is 18.4 Å². The van der Waals surface area contributed by atoms with Gasteiger partial charge in [-0.05, 0) is 45.1 Å². The zero-order valence-corrected chi connectivity index (χ0v) is 14.5. The van der Waals surface area contributed by atoms with Crippen LogP contribution in [0.3, 0.4) is 0 Å². The highest BCUT2D eigenvalue weighted by molar-refractivity contribution is 5.90. The lowest BCUT2D eigenvalue weighted by atomic mass is 10.0. The van der Waals surface area contributed by atoms with E-state index >= 15 is 0 Å². The predicted octanol–water partition coefficient (Wildman–Crippen LogP) is 3.28. The Morgan fingerprint density at radius 1 is 1.32 bits per heavy atom. The van der Waals surface area contributed by atoms with Gasteiger partial charge in [-0.1, -0.05) is 12.1 Å². The van der Waals surface area contributed by atoms with Crippen molar-refractivity contribution in [2.24, 2.45) is 0 Å². The van der Waals surface area contributed by atoms with Crippen molar-refractivity contribution in [2.75, 3.05) is 45.7 Å². The highest BCUT2D eigenvalue weighted by Crippen LogP contribution is 2.34. The third-order valence-electron chi connectivity index (χ3n) is 4.40. The number of likely N-dealkylation sites (tertiary alicyclic amines) is 1. The second-order valence-electron chi connectivity index (χ2n) is 6.19. The third kappa shape index (κ3) is 5.34. The zero-order valence-electron chi connectivity index (χ0n) is 14.5. The van der Waals surface area contributed by atoms with Gasteiger partial charge < -0.3 is 19.9 Å². The highest BCUT2D eigenvalue weighted by atomic mass is 19.4. The molecule has 2 rings (SSSR count). The molecule has 2 amide bonds. The summed E-state index contributed by atoms with van der Waals surface area (Å²) >= 11 is 0. The number of benzene rings is 1. The van der Waals surface area contributed by atoms with E-state index < -0.39 is 17.8 Å². The zero-order chi connectivity index (χ0) is 18.4. The fraction of sp³-hybridized carbons (Fsp3) is 0.588. The number of carbonyl (C=O) groups is 1. The first kappa shape index (κ1) is 19.5. The number of urea groups is 1. The Bertz CT molecular complexity index is 573. The number of rotatable bonds is 5. The van der Waals surface area contributed by atoms with Gasteiger partial charge in [0.2, 0.25) is 0 Å². The number of amides is 2. The molecule has 0 saturated carbocycles. The van der Waals surface area contributed by atoms with Crippen LogP contribution in [-0.4, -0.2) is 62.3 Å². The number of hydrogen-bond donors (Lipinski definition) is 1. The van der Waals surface area contributed by atoms with Crippen LogP contribution in [-0.2, 0) is 10.9 Å². The molecule has 0 bridgehead atoms. The van der Waals surface area contributed by atoms with E-state index in [4.69, 9.17) is 4.74 Å². The largest absolute Gasteiger partial charge is 0.418 e. The van der Waals surface area contributed by atoms with E-state index in [1.807, 2.05) is 7.05 Å². The number of nitrogens with one attached hydrogen (secondary N) is 1. The van der Waals surface area contributed by atoms with Crippen LogP contribution in [0.2, 0.25) is 0 Å². The summed E-state index contributed by atoms with van der Waals surface area (Å²) in [6, 6.07) is 4.47. The summed E-state index contributed by atoms with van der Waals surface area (Å²) in [4.78, 5) is 16.4. The summed E-state index contributed by atoms with van der Waals surface area (Å²) in [7, 11) is 3.54. The topological polar surface area (TPSA) is 44.8 Å². The lowest BCUT2D eigenvalue weighted by Crippen LogP contribution is -2.49. The van der Waals surface area contributed by atoms with Crippen molar-refractivity contribution in [3.05, 3.63) is 29.8 Å². The summed E-state index contributed by atoms with van der Waals surface area (Å²) in [5.74, 6) is 0. The van der Waals surface area contributed by atoms with E-state index in [-0.39, 0.29) is 11.7 Å². The van der Waals surface area contributed by atoms with E-state index in [1.54, 1.807) is 4.90 Å². The summed E-state index contributed by atoms with van der Waals surface area (Å²) in [6.07, 6.45) is -2.95. The van der Waals surface area contributed by atoms with Gasteiger partial charge in [0.15, 0.2) is 0 Å². The molecular formula is C17H24F3N3O2. The van der Waals surface area contributed by atoms with E-state index in [0.29, 0.717) is 13.2 Å². The smallest absolute Gasteiger partial charge is 0.383 e. The first-order chi connectivity index (χ1) is 11.8. The fourth-order valence-electron chi connectivity index (χ4n) is 2.97. The molecule has 1 aromatic rings. The molecule has 1 aliphatic heterocycles. The Kier molecular flexibility index (Phi) is 6.66. The lowest BCUT2D eigenvalue weighted by Gasteiger charge is -2.37. The molecule has 1 saturated heterocycles. The predicted molar refractivity (Wildman–Crippen MR) is 89.6 cm³/mol. The maximum Gasteiger partial charge on any atom is 0.418 e. The number of piperidine rings is 1. The molecule has 8 heteroatoms. The number of hydrogen-bond acceptors (Lipinski definition) is 3. The minimum atomic E-state index is -4.52. The van der Waals surface area contributed by atoms with Crippen molar-refractivity contribution in [3.63, 3.8) is 0 Å². The lowest BCUT2D eigenvalue weighted by molar-refractivity contribution is -0.136. The highest BCUT2D eigenvalue weighted by Gasteiger charge is 2.34. The van der Waals surface area contributed by atoms with Crippen molar-refractivity contribution in [3.8, 4) is 0 Å². The molecule has 1 aliphatic rings. The van der Waals surface area contributed by atoms with Gasteiger partial charge in [0.1, 0.15) is 0 Å². The Morgan fingerprint density at radius 2 is 1.96 bits per heavy atom. The molecule has 25 heavy (non-hydrogen) atoms. The Labute approximate surface area is 145 Å². The first-order valence-corrected chi connectivity index (χ1v) is 8.24. The summed E-state index contributed by atoms with van der Waals surface area (Å²) in [5.41, 5.74) is -1.08. The average Bonchev–Trinajstić information content (AvgIpc) is 2.56. The van der Waals surface area contributed by atoms with Crippen LogP contribution < -0.4 is 5.32 Å². The number of para-hydroxylation sites is 1. The minimum absolute atomic E-state index is 0.00982. The molecule has 1 aromatic carbocycles. The van der Waals surface area contributed by atoms with Crippen LogP contribution in [0.25, 0.3) is 0 Å². The van der Waals surface area contributed by atoms with Crippen molar-refractivity contribution in [1.82, 2.24) is 9.80 Å². The summed E-state index contributed by atoms with van der Waals surface area (Å²) in [6.45, 7) is 2.37. The minimum Gasteiger partial charge on any atom is -0.383 e. The molecule has 0 spiro atoms. The van der Waals surface area contributed by atoms with Gasteiger partial charge in [-0.2, -0.15) is 13.2 Å². The number of anilines is 1. The van der Waals surface area contributed by atoms with E-state index in [0.717, 1.165) is 32.0 Å². The van der Waals surface area contributed by atoms with Gasteiger partial charge in [-0.3, -0.25) is 0 Å². The normalized spacial score (nSPS) is 16.7. The van der Waals surface area contributed by atoms with E-state index in [9.17, 15) is 18.0 Å². The van der Waals surface area contributed by atoms with Gasteiger partial charge in [-0.25, -0.2) is 4.79 Å². The second kappa shape index (κ2) is 8.53. The van der Waals surface area contributed by atoms with Gasteiger partial charge in [0.25, 0.3) is 0 Å². The van der Waals surface area contributed by atoms with Crippen LogP contribution >= 0.6 is 0 Å². The van der Waals surface area contributed by atoms with Crippen molar-refractivity contribution in [1.29, 1.82) is 0 Å². The van der Waals surface area contributed by atoms with Crippen molar-refractivity contribution in [2.45, 2.75) is 25.1 Å². The quantitative estimate of drug-likeness (QED) is 0.878. The second-order valence-corrected chi connectivity index (χ2v) is 6.19. The Morgan fingerprint density at radius 3 is 2.56 bits per heavy atom. The first-order valence-electron chi connectivity index (χ1n) is 8.24. The standard InChI is InChI=1S/C17H24F3N3O2/c1-22-9-7-13(8-10-22)23(11-12-25-2)16(24)21-15-6-4-3-5-14(15)17(18,19)20/h3-6,13H,7-12H2,1-2H3,(H,21,24). The van der Waals surface area contributed by atoms with Crippen molar-refractivity contribution < 1.29 is 22.7 Å². The SMILES string of the molecule is COCCN(C(=O)Nc1ccccc1C(F)(F)F)C1CCN(C)CC1.